The molecule has 0 aromatic rings. The molecule has 6 nitrogen and oxygen atoms in total. The van der Waals surface area contributed by atoms with Crippen molar-refractivity contribution in [2.24, 2.45) is 5.41 Å². The molecule has 0 heterocycles. The maximum atomic E-state index is 13.4. The molecule has 54 heavy (non-hydrogen) atoms. The third kappa shape index (κ3) is 35.3. The molecular formula is C48H95NO5. The van der Waals surface area contributed by atoms with Crippen molar-refractivity contribution in [1.29, 1.82) is 0 Å². The molecule has 6 heteroatoms. The number of unbranched alkanes of at least 4 members (excludes halogenated alkanes) is 24. The van der Waals surface area contributed by atoms with E-state index in [9.17, 15) is 14.7 Å². The standard InChI is InChI=1S/C48H95NO5/c1-6-9-12-15-18-19-20-21-26-35-44-53-46(51)38-29-32-41-49(42-33-34-43-50)40-31-25-24-30-39-48(4,5)47(52)54-45(36-27-22-16-13-10-7-2)37-28-23-17-14-11-8-3/h45,50H,6-44H2,1-5H3. The van der Waals surface area contributed by atoms with Gasteiger partial charge in [0.2, 0.25) is 0 Å². The molecule has 0 aliphatic carbocycles. The van der Waals surface area contributed by atoms with Crippen molar-refractivity contribution in [1.82, 2.24) is 4.90 Å². The summed E-state index contributed by atoms with van der Waals surface area (Å²) in [6.45, 7) is 14.8. The van der Waals surface area contributed by atoms with Crippen LogP contribution in [0.2, 0.25) is 0 Å². The molecule has 0 aromatic carbocycles. The summed E-state index contributed by atoms with van der Waals surface area (Å²) < 4.78 is 11.8. The van der Waals surface area contributed by atoms with Crippen LogP contribution in [0.4, 0.5) is 0 Å². The van der Waals surface area contributed by atoms with Crippen molar-refractivity contribution in [2.45, 2.75) is 259 Å². The highest BCUT2D eigenvalue weighted by atomic mass is 16.5. The van der Waals surface area contributed by atoms with E-state index in [4.69, 9.17) is 9.47 Å². The lowest BCUT2D eigenvalue weighted by molar-refractivity contribution is -0.161. The Morgan fingerprint density at radius 1 is 0.519 bits per heavy atom. The molecule has 0 bridgehead atoms. The molecule has 0 amide bonds. The van der Waals surface area contributed by atoms with Gasteiger partial charge in [0.15, 0.2) is 0 Å². The Kier molecular flexibility index (Phi) is 39.2. The molecule has 0 saturated heterocycles. The van der Waals surface area contributed by atoms with E-state index >= 15 is 0 Å². The van der Waals surface area contributed by atoms with Crippen LogP contribution in [0.5, 0.6) is 0 Å². The second-order valence-corrected chi connectivity index (χ2v) is 17.3. The zero-order chi connectivity index (χ0) is 39.8. The van der Waals surface area contributed by atoms with Crippen LogP contribution in [0, 0.1) is 5.41 Å². The van der Waals surface area contributed by atoms with Crippen molar-refractivity contribution in [2.75, 3.05) is 32.8 Å². The van der Waals surface area contributed by atoms with Crippen LogP contribution in [0.15, 0.2) is 0 Å². The van der Waals surface area contributed by atoms with Gasteiger partial charge in [0.1, 0.15) is 6.10 Å². The number of hydrogen-bond acceptors (Lipinski definition) is 6. The van der Waals surface area contributed by atoms with Crippen LogP contribution < -0.4 is 0 Å². The van der Waals surface area contributed by atoms with Gasteiger partial charge in [-0.15, -0.1) is 0 Å². The maximum Gasteiger partial charge on any atom is 0.311 e. The molecule has 0 aliphatic rings. The van der Waals surface area contributed by atoms with E-state index < -0.39 is 5.41 Å². The minimum Gasteiger partial charge on any atom is -0.466 e. The number of esters is 2. The summed E-state index contributed by atoms with van der Waals surface area (Å²) in [5.74, 6) is -0.0436. The molecule has 0 unspecified atom stereocenters. The van der Waals surface area contributed by atoms with E-state index in [1.807, 2.05) is 0 Å². The molecule has 0 saturated carbocycles. The van der Waals surface area contributed by atoms with Gasteiger partial charge in [-0.1, -0.05) is 162 Å². The molecule has 0 radical (unpaired) electrons. The summed E-state index contributed by atoms with van der Waals surface area (Å²) in [5.41, 5.74) is -0.439. The van der Waals surface area contributed by atoms with Gasteiger partial charge in [0.25, 0.3) is 0 Å². The van der Waals surface area contributed by atoms with Crippen LogP contribution >= 0.6 is 0 Å². The topological polar surface area (TPSA) is 76.1 Å². The van der Waals surface area contributed by atoms with E-state index in [-0.39, 0.29) is 24.6 Å². The van der Waals surface area contributed by atoms with Crippen LogP contribution in [0.1, 0.15) is 253 Å². The predicted molar refractivity (Wildman–Crippen MR) is 232 cm³/mol. The fraction of sp³-hybridized carbons (Fsp3) is 0.958. The molecule has 0 fully saturated rings. The Morgan fingerprint density at radius 2 is 0.926 bits per heavy atom. The first kappa shape index (κ1) is 52.9. The fourth-order valence-corrected chi connectivity index (χ4v) is 7.47. The number of carbonyl (C=O) groups excluding carboxylic acids is 2. The molecule has 1 N–H and O–H groups in total. The van der Waals surface area contributed by atoms with Gasteiger partial charge in [0, 0.05) is 13.0 Å². The second kappa shape index (κ2) is 40.1. The highest BCUT2D eigenvalue weighted by Gasteiger charge is 2.30. The first-order chi connectivity index (χ1) is 26.3. The van der Waals surface area contributed by atoms with Crippen LogP contribution in [0.3, 0.4) is 0 Å². The van der Waals surface area contributed by atoms with Gasteiger partial charge in [-0.2, -0.15) is 0 Å². The Balaban J connectivity index is 4.35. The van der Waals surface area contributed by atoms with Gasteiger partial charge >= 0.3 is 11.9 Å². The van der Waals surface area contributed by atoms with Crippen molar-refractivity contribution >= 4 is 11.9 Å². The number of aliphatic hydroxyl groups excluding tert-OH is 1. The number of rotatable bonds is 43. The van der Waals surface area contributed by atoms with Gasteiger partial charge in [-0.05, 0) is 104 Å². The highest BCUT2D eigenvalue weighted by Crippen LogP contribution is 2.28. The number of nitrogens with zero attached hydrogens (tertiary/aromatic N) is 1. The third-order valence-electron chi connectivity index (χ3n) is 11.4. The monoisotopic (exact) mass is 766 g/mol. The summed E-state index contributed by atoms with van der Waals surface area (Å²) >= 11 is 0. The summed E-state index contributed by atoms with van der Waals surface area (Å²) in [6, 6.07) is 0. The van der Waals surface area contributed by atoms with Crippen molar-refractivity contribution in [3.05, 3.63) is 0 Å². The van der Waals surface area contributed by atoms with Gasteiger partial charge in [-0.3, -0.25) is 9.59 Å². The number of hydrogen-bond donors (Lipinski definition) is 1. The summed E-state index contributed by atoms with van der Waals surface area (Å²) in [7, 11) is 0. The summed E-state index contributed by atoms with van der Waals surface area (Å²) in [4.78, 5) is 28.2. The lowest BCUT2D eigenvalue weighted by Gasteiger charge is -2.27. The molecule has 0 aromatic heterocycles. The Hall–Kier alpha value is -1.14. The average Bonchev–Trinajstić information content (AvgIpc) is 3.16. The minimum absolute atomic E-state index is 0.00205. The molecule has 0 spiro atoms. The number of aliphatic hydroxyl groups is 1. The molecular weight excluding hydrogens is 671 g/mol. The van der Waals surface area contributed by atoms with Crippen molar-refractivity contribution < 1.29 is 24.2 Å². The first-order valence-electron chi connectivity index (χ1n) is 24.0. The van der Waals surface area contributed by atoms with E-state index in [2.05, 4.69) is 39.5 Å². The number of carbonyl (C=O) groups is 2. The van der Waals surface area contributed by atoms with E-state index in [0.717, 1.165) is 103 Å². The maximum absolute atomic E-state index is 13.4. The average molecular weight is 766 g/mol. The first-order valence-corrected chi connectivity index (χ1v) is 24.0. The summed E-state index contributed by atoms with van der Waals surface area (Å²) in [6.07, 6.45) is 39.8. The fourth-order valence-electron chi connectivity index (χ4n) is 7.47. The Labute approximate surface area is 337 Å². The van der Waals surface area contributed by atoms with Crippen LogP contribution in [-0.4, -0.2) is 60.9 Å². The molecule has 0 rings (SSSR count). The van der Waals surface area contributed by atoms with Gasteiger partial charge < -0.3 is 19.5 Å². The lowest BCUT2D eigenvalue weighted by Crippen LogP contribution is -2.31. The highest BCUT2D eigenvalue weighted by molar-refractivity contribution is 5.76. The lowest BCUT2D eigenvalue weighted by atomic mass is 9.86. The Morgan fingerprint density at radius 3 is 1.43 bits per heavy atom. The van der Waals surface area contributed by atoms with Crippen LogP contribution in [-0.2, 0) is 19.1 Å². The molecule has 0 aliphatic heterocycles. The smallest absolute Gasteiger partial charge is 0.311 e. The van der Waals surface area contributed by atoms with Crippen LogP contribution in [0.25, 0.3) is 0 Å². The predicted octanol–water partition coefficient (Wildman–Crippen LogP) is 14.1. The van der Waals surface area contributed by atoms with Crippen molar-refractivity contribution in [3.63, 3.8) is 0 Å². The largest absolute Gasteiger partial charge is 0.466 e. The van der Waals surface area contributed by atoms with E-state index in [0.29, 0.717) is 13.0 Å². The Bertz CT molecular complexity index is 786. The molecule has 322 valence electrons. The molecule has 0 atom stereocenters. The zero-order valence-corrected chi connectivity index (χ0v) is 37.2. The summed E-state index contributed by atoms with van der Waals surface area (Å²) in [5, 5.41) is 9.30. The van der Waals surface area contributed by atoms with Crippen molar-refractivity contribution in [3.8, 4) is 0 Å². The number of ether oxygens (including phenoxy) is 2. The third-order valence-corrected chi connectivity index (χ3v) is 11.4. The SMILES string of the molecule is CCCCCCCCCCCCOC(=O)CCCCN(CCCCO)CCCCCCC(C)(C)C(=O)OC(CCCCCCCC)CCCCCCCC. The van der Waals surface area contributed by atoms with Gasteiger partial charge in [-0.25, -0.2) is 0 Å². The van der Waals surface area contributed by atoms with Gasteiger partial charge in [0.05, 0.1) is 12.0 Å². The quantitative estimate of drug-likeness (QED) is 0.0492. The van der Waals surface area contributed by atoms with E-state index in [1.54, 1.807) is 0 Å². The van der Waals surface area contributed by atoms with E-state index in [1.165, 1.54) is 128 Å². The zero-order valence-electron chi connectivity index (χ0n) is 37.2. The normalized spacial score (nSPS) is 11.9. The second-order valence-electron chi connectivity index (χ2n) is 17.3. The minimum atomic E-state index is -0.439.